The summed E-state index contributed by atoms with van der Waals surface area (Å²) in [6, 6.07) is 0. The Bertz CT molecular complexity index is 489. The number of hydrogen-bond acceptors (Lipinski definition) is 5. The van der Waals surface area contributed by atoms with Crippen LogP contribution in [-0.2, 0) is 4.52 Å². The van der Waals surface area contributed by atoms with Crippen molar-refractivity contribution in [1.29, 1.82) is 0 Å². The summed E-state index contributed by atoms with van der Waals surface area (Å²) in [4.78, 5) is -3.84. The van der Waals surface area contributed by atoms with Gasteiger partial charge in [0.05, 0.1) is 0 Å². The number of rotatable bonds is 2. The maximum atomic E-state index is 13.0. The second kappa shape index (κ2) is 5.97. The molecule has 0 bridgehead atoms. The van der Waals surface area contributed by atoms with Crippen LogP contribution in [0.1, 0.15) is 0 Å². The Kier molecular flexibility index (Phi) is 5.25. The fourth-order valence-electron chi connectivity index (χ4n) is 1.58. The molecule has 0 aliphatic carbocycles. The van der Waals surface area contributed by atoms with Gasteiger partial charge in [0.1, 0.15) is 0 Å². The SMILES string of the molecule is FC(F)(F)COP12(SCCS1)SC(C(F)(F)F)=C(C(F)(F)F)S2. The van der Waals surface area contributed by atoms with E-state index >= 15 is 0 Å². The van der Waals surface area contributed by atoms with Crippen LogP contribution >= 0.6 is 49.2 Å². The van der Waals surface area contributed by atoms with Gasteiger partial charge in [-0.1, -0.05) is 0 Å². The molecule has 2 aliphatic rings. The average molecular weight is 448 g/mol. The molecule has 23 heavy (non-hydrogen) atoms. The topological polar surface area (TPSA) is 9.23 Å². The fraction of sp³-hybridized carbons (Fsp3) is 0.750. The van der Waals surface area contributed by atoms with Crippen molar-refractivity contribution in [2.45, 2.75) is 18.5 Å². The van der Waals surface area contributed by atoms with Crippen molar-refractivity contribution >= 4 is 49.2 Å². The van der Waals surface area contributed by atoms with Crippen LogP contribution < -0.4 is 0 Å². The molecule has 0 amide bonds. The van der Waals surface area contributed by atoms with Crippen LogP contribution in [0.25, 0.3) is 0 Å². The van der Waals surface area contributed by atoms with Gasteiger partial charge in [-0.2, -0.15) is 0 Å². The molecule has 0 N–H and O–H groups in total. The summed E-state index contributed by atoms with van der Waals surface area (Å²) >= 11 is 0.837. The van der Waals surface area contributed by atoms with E-state index in [0.29, 0.717) is 22.8 Å². The first-order chi connectivity index (χ1) is 10.2. The second-order valence-corrected chi connectivity index (χ2v) is 23.6. The number of halogens is 9. The van der Waals surface area contributed by atoms with Crippen LogP contribution in [0.15, 0.2) is 9.81 Å². The minimum atomic E-state index is -5.31. The van der Waals surface area contributed by atoms with Gasteiger partial charge in [0.25, 0.3) is 0 Å². The summed E-state index contributed by atoms with van der Waals surface area (Å²) in [5.41, 5.74) is 0. The first kappa shape index (κ1) is 20.2. The molecular weight excluding hydrogens is 442 g/mol. The van der Waals surface area contributed by atoms with Gasteiger partial charge in [-0.3, -0.25) is 0 Å². The van der Waals surface area contributed by atoms with Crippen molar-refractivity contribution in [3.05, 3.63) is 9.81 Å². The van der Waals surface area contributed by atoms with Crippen LogP contribution in [0.5, 0.6) is 0 Å². The molecule has 2 rings (SSSR count). The van der Waals surface area contributed by atoms with Crippen LogP contribution in [0.2, 0.25) is 0 Å². The van der Waals surface area contributed by atoms with E-state index in [2.05, 4.69) is 0 Å². The number of allylic oxidation sites excluding steroid dienone is 2. The molecule has 0 aromatic rings. The van der Waals surface area contributed by atoms with Crippen molar-refractivity contribution in [1.82, 2.24) is 0 Å². The summed E-state index contributed by atoms with van der Waals surface area (Å²) in [6.45, 7) is -1.89. The summed E-state index contributed by atoms with van der Waals surface area (Å²) in [5.74, 6) is 0.243. The molecule has 15 heteroatoms. The first-order valence-electron chi connectivity index (χ1n) is 5.49. The van der Waals surface area contributed by atoms with Gasteiger partial charge in [-0.05, 0) is 0 Å². The Hall–Kier alpha value is 0.900. The molecule has 1 saturated heterocycles. The molecule has 0 saturated carbocycles. The molecule has 136 valence electrons. The fourth-order valence-corrected chi connectivity index (χ4v) is 24.9. The third kappa shape index (κ3) is 4.36. The van der Waals surface area contributed by atoms with E-state index in [4.69, 9.17) is 4.52 Å². The van der Waals surface area contributed by atoms with Crippen molar-refractivity contribution in [2.75, 3.05) is 18.1 Å². The molecule has 0 atom stereocenters. The van der Waals surface area contributed by atoms with Crippen LogP contribution in [0.4, 0.5) is 39.5 Å². The van der Waals surface area contributed by atoms with E-state index in [-0.39, 0.29) is 34.3 Å². The molecule has 0 unspecified atom stereocenters. The Morgan fingerprint density at radius 1 is 0.783 bits per heavy atom. The molecule has 0 aromatic heterocycles. The van der Waals surface area contributed by atoms with E-state index in [1.807, 2.05) is 0 Å². The Balaban J connectivity index is 2.42. The summed E-state index contributed by atoms with van der Waals surface area (Å²) in [7, 11) is 0. The zero-order chi connectivity index (χ0) is 17.8. The monoisotopic (exact) mass is 448 g/mol. The zero-order valence-electron chi connectivity index (χ0n) is 10.5. The standard InChI is InChI=1S/C8H6F9OPS4/c9-6(10,11)3-18-19(20-1-2-21-19)22-4(7(12,13)14)5(23-19)8(15,16)17/h1-3H2. The summed E-state index contributed by atoms with van der Waals surface area (Å²) < 4.78 is 115. The first-order valence-corrected chi connectivity index (χ1v) is 13.7. The van der Waals surface area contributed by atoms with Crippen LogP contribution in [0, 0.1) is 0 Å². The molecule has 2 heterocycles. The molecule has 1 nitrogen and oxygen atoms in total. The van der Waals surface area contributed by atoms with Gasteiger partial charge in [0.2, 0.25) is 0 Å². The molecule has 1 fully saturated rings. The van der Waals surface area contributed by atoms with Crippen molar-refractivity contribution < 1.29 is 44.0 Å². The molecule has 0 aromatic carbocycles. The maximum absolute atomic E-state index is 13.0. The summed E-state index contributed by atoms with van der Waals surface area (Å²) in [5, 5.41) is 0. The molecule has 1 spiro atoms. The molecule has 0 radical (unpaired) electrons. The predicted molar refractivity (Wildman–Crippen MR) is 78.2 cm³/mol. The number of alkyl halides is 9. The second-order valence-electron chi connectivity index (χ2n) is 4.14. The van der Waals surface area contributed by atoms with Crippen molar-refractivity contribution in [3.8, 4) is 0 Å². The Morgan fingerprint density at radius 3 is 1.48 bits per heavy atom. The van der Waals surface area contributed by atoms with Gasteiger partial charge in [0, 0.05) is 0 Å². The normalized spacial score (nSPS) is 26.6. The van der Waals surface area contributed by atoms with Crippen LogP contribution in [0.3, 0.4) is 0 Å². The van der Waals surface area contributed by atoms with Gasteiger partial charge in [-0.15, -0.1) is 0 Å². The molecular formula is C8H6F9OPS4. The summed E-state index contributed by atoms with van der Waals surface area (Å²) in [6.07, 6.45) is -15.5. The van der Waals surface area contributed by atoms with E-state index in [0.717, 1.165) is 0 Å². The van der Waals surface area contributed by atoms with Gasteiger partial charge in [0.15, 0.2) is 0 Å². The third-order valence-electron chi connectivity index (χ3n) is 2.33. The zero-order valence-corrected chi connectivity index (χ0v) is 14.7. The third-order valence-corrected chi connectivity index (χ3v) is 24.2. The van der Waals surface area contributed by atoms with Gasteiger partial charge in [-0.25, -0.2) is 0 Å². The van der Waals surface area contributed by atoms with E-state index in [1.54, 1.807) is 0 Å². The van der Waals surface area contributed by atoms with Gasteiger partial charge < -0.3 is 0 Å². The quantitative estimate of drug-likeness (QED) is 0.332. The van der Waals surface area contributed by atoms with E-state index in [9.17, 15) is 39.5 Å². The minimum absolute atomic E-state index is 0.122. The van der Waals surface area contributed by atoms with Crippen molar-refractivity contribution in [3.63, 3.8) is 0 Å². The predicted octanol–water partition coefficient (Wildman–Crippen LogP) is 6.99. The van der Waals surface area contributed by atoms with E-state index < -0.39 is 38.6 Å². The Morgan fingerprint density at radius 2 is 1.17 bits per heavy atom. The van der Waals surface area contributed by atoms with Crippen molar-refractivity contribution in [2.24, 2.45) is 0 Å². The average Bonchev–Trinajstić information content (AvgIpc) is 2.91. The van der Waals surface area contributed by atoms with Gasteiger partial charge >= 0.3 is 140 Å². The number of hydrogen-bond donors (Lipinski definition) is 0. The Labute approximate surface area is 139 Å². The van der Waals surface area contributed by atoms with Crippen LogP contribution in [-0.4, -0.2) is 36.6 Å². The molecule has 2 aliphatic heterocycles. The van der Waals surface area contributed by atoms with E-state index in [1.165, 1.54) is 0 Å².